The van der Waals surface area contributed by atoms with Crippen LogP contribution in [0.5, 0.6) is 11.5 Å². The van der Waals surface area contributed by atoms with Gasteiger partial charge < -0.3 is 19.0 Å². The summed E-state index contributed by atoms with van der Waals surface area (Å²) in [6, 6.07) is 3.05. The van der Waals surface area contributed by atoms with Crippen LogP contribution in [-0.4, -0.2) is 25.4 Å². The van der Waals surface area contributed by atoms with Crippen molar-refractivity contribution >= 4 is 11.0 Å². The Kier molecular flexibility index (Phi) is 4.56. The molecule has 0 aliphatic carbocycles. The Hall–Kier alpha value is -2.27. The number of ether oxygens (including phenoxy) is 2. The quantitative estimate of drug-likeness (QED) is 0.860. The summed E-state index contributed by atoms with van der Waals surface area (Å²) < 4.78 is 16.4. The Labute approximate surface area is 128 Å². The van der Waals surface area contributed by atoms with Crippen molar-refractivity contribution in [3.05, 3.63) is 45.8 Å². The van der Waals surface area contributed by atoms with Gasteiger partial charge in [0.25, 0.3) is 0 Å². The fourth-order valence-electron chi connectivity index (χ4n) is 2.35. The van der Waals surface area contributed by atoms with E-state index in [1.807, 2.05) is 0 Å². The average molecular weight is 304 g/mol. The minimum Gasteiger partial charge on any atom is -0.496 e. The highest BCUT2D eigenvalue weighted by Gasteiger charge is 2.21. The third-order valence-corrected chi connectivity index (χ3v) is 3.56. The predicted molar refractivity (Wildman–Crippen MR) is 84.8 cm³/mol. The van der Waals surface area contributed by atoms with Crippen LogP contribution in [0.4, 0.5) is 0 Å². The maximum absolute atomic E-state index is 12.3. The van der Waals surface area contributed by atoms with Crippen molar-refractivity contribution in [2.24, 2.45) is 0 Å². The SMILES string of the molecule is C=C(C)C(O)Cc1c(OC)cc(OC)c2c(=O)cc(C)oc12. The van der Waals surface area contributed by atoms with Crippen LogP contribution in [0.2, 0.25) is 0 Å². The number of aliphatic hydroxyl groups excluding tert-OH is 1. The molecule has 5 heteroatoms. The molecule has 0 saturated heterocycles. The first-order valence-corrected chi connectivity index (χ1v) is 6.90. The lowest BCUT2D eigenvalue weighted by molar-refractivity contribution is 0.210. The van der Waals surface area contributed by atoms with E-state index in [1.165, 1.54) is 20.3 Å². The molecule has 1 heterocycles. The maximum Gasteiger partial charge on any atom is 0.196 e. The number of fused-ring (bicyclic) bond motifs is 1. The lowest BCUT2D eigenvalue weighted by atomic mass is 9.99. The number of hydrogen-bond donors (Lipinski definition) is 1. The van der Waals surface area contributed by atoms with Crippen molar-refractivity contribution in [3.8, 4) is 11.5 Å². The monoisotopic (exact) mass is 304 g/mol. The van der Waals surface area contributed by atoms with Crippen molar-refractivity contribution in [3.63, 3.8) is 0 Å². The van der Waals surface area contributed by atoms with E-state index in [0.717, 1.165) is 0 Å². The Morgan fingerprint density at radius 1 is 1.32 bits per heavy atom. The normalized spacial score (nSPS) is 12.2. The van der Waals surface area contributed by atoms with Gasteiger partial charge in [0.1, 0.15) is 28.2 Å². The van der Waals surface area contributed by atoms with Gasteiger partial charge in [0, 0.05) is 24.1 Å². The Bertz CT molecular complexity index is 773. The topological polar surface area (TPSA) is 68.9 Å². The third-order valence-electron chi connectivity index (χ3n) is 3.56. The lowest BCUT2D eigenvalue weighted by Crippen LogP contribution is -2.14. The zero-order valence-corrected chi connectivity index (χ0v) is 13.2. The molecule has 1 unspecified atom stereocenters. The molecular weight excluding hydrogens is 284 g/mol. The highest BCUT2D eigenvalue weighted by Crippen LogP contribution is 2.35. The molecule has 1 aromatic carbocycles. The molecule has 2 aromatic rings. The molecule has 1 atom stereocenters. The summed E-state index contributed by atoms with van der Waals surface area (Å²) in [4.78, 5) is 12.3. The zero-order valence-electron chi connectivity index (χ0n) is 13.2. The van der Waals surface area contributed by atoms with Crippen LogP contribution in [-0.2, 0) is 6.42 Å². The van der Waals surface area contributed by atoms with Crippen molar-refractivity contribution < 1.29 is 19.0 Å². The van der Waals surface area contributed by atoms with Gasteiger partial charge in [-0.1, -0.05) is 12.2 Å². The van der Waals surface area contributed by atoms with Gasteiger partial charge >= 0.3 is 0 Å². The first-order chi connectivity index (χ1) is 10.4. The van der Waals surface area contributed by atoms with Gasteiger partial charge in [-0.15, -0.1) is 0 Å². The lowest BCUT2D eigenvalue weighted by Gasteiger charge is -2.17. The number of hydrogen-bond acceptors (Lipinski definition) is 5. The molecule has 0 spiro atoms. The summed E-state index contributed by atoms with van der Waals surface area (Å²) in [5.74, 6) is 1.37. The first-order valence-electron chi connectivity index (χ1n) is 6.90. The highest BCUT2D eigenvalue weighted by molar-refractivity contribution is 5.88. The second kappa shape index (κ2) is 6.23. The van der Waals surface area contributed by atoms with Crippen LogP contribution in [0.25, 0.3) is 11.0 Å². The number of aryl methyl sites for hydroxylation is 1. The molecule has 0 saturated carbocycles. The summed E-state index contributed by atoms with van der Waals surface area (Å²) in [6.07, 6.45) is -0.512. The summed E-state index contributed by atoms with van der Waals surface area (Å²) in [5, 5.41) is 10.5. The molecule has 0 fully saturated rings. The van der Waals surface area contributed by atoms with E-state index in [-0.39, 0.29) is 11.8 Å². The minimum atomic E-state index is -0.753. The molecule has 1 aromatic heterocycles. The van der Waals surface area contributed by atoms with Gasteiger partial charge in [0.2, 0.25) is 0 Å². The molecule has 0 aliphatic rings. The highest BCUT2D eigenvalue weighted by atomic mass is 16.5. The van der Waals surface area contributed by atoms with Gasteiger partial charge in [-0.2, -0.15) is 0 Å². The average Bonchev–Trinajstić information content (AvgIpc) is 2.47. The van der Waals surface area contributed by atoms with Crippen LogP contribution in [0.3, 0.4) is 0 Å². The van der Waals surface area contributed by atoms with E-state index >= 15 is 0 Å². The fraction of sp³-hybridized carbons (Fsp3) is 0.353. The zero-order chi connectivity index (χ0) is 16.4. The molecule has 0 bridgehead atoms. The van der Waals surface area contributed by atoms with Gasteiger partial charge in [-0.3, -0.25) is 4.79 Å². The molecular formula is C17H20O5. The molecule has 22 heavy (non-hydrogen) atoms. The minimum absolute atomic E-state index is 0.190. The number of rotatable bonds is 5. The molecule has 2 rings (SSSR count). The second-order valence-electron chi connectivity index (χ2n) is 5.25. The van der Waals surface area contributed by atoms with E-state index in [2.05, 4.69) is 6.58 Å². The standard InChI is InChI=1S/C17H20O5/c1-9(2)12(18)7-11-14(20-4)8-15(21-5)16-13(19)6-10(3)22-17(11)16/h6,8,12,18H,1,7H2,2-5H3. The Morgan fingerprint density at radius 3 is 2.50 bits per heavy atom. The van der Waals surface area contributed by atoms with Crippen LogP contribution in [0.1, 0.15) is 18.2 Å². The van der Waals surface area contributed by atoms with E-state index in [4.69, 9.17) is 13.9 Å². The summed E-state index contributed by atoms with van der Waals surface area (Å²) >= 11 is 0. The smallest absolute Gasteiger partial charge is 0.196 e. The van der Waals surface area contributed by atoms with Gasteiger partial charge in [-0.05, 0) is 13.8 Å². The number of benzene rings is 1. The van der Waals surface area contributed by atoms with E-state index in [1.54, 1.807) is 19.9 Å². The summed E-state index contributed by atoms with van der Waals surface area (Å²) in [5.41, 5.74) is 1.43. The Balaban J connectivity index is 2.82. The van der Waals surface area contributed by atoms with Crippen molar-refractivity contribution in [2.45, 2.75) is 26.4 Å². The van der Waals surface area contributed by atoms with E-state index in [9.17, 15) is 9.90 Å². The second-order valence-corrected chi connectivity index (χ2v) is 5.25. The van der Waals surface area contributed by atoms with Crippen molar-refractivity contribution in [2.75, 3.05) is 14.2 Å². The van der Waals surface area contributed by atoms with E-state index < -0.39 is 6.10 Å². The summed E-state index contributed by atoms with van der Waals surface area (Å²) in [6.45, 7) is 7.19. The molecule has 0 radical (unpaired) electrons. The molecule has 1 N–H and O–H groups in total. The third kappa shape index (κ3) is 2.85. The molecule has 0 amide bonds. The van der Waals surface area contributed by atoms with E-state index in [0.29, 0.717) is 39.4 Å². The van der Waals surface area contributed by atoms with Gasteiger partial charge in [0.15, 0.2) is 5.43 Å². The van der Waals surface area contributed by atoms with Gasteiger partial charge in [0.05, 0.1) is 20.3 Å². The first kappa shape index (κ1) is 16.1. The van der Waals surface area contributed by atoms with Crippen LogP contribution >= 0.6 is 0 Å². The van der Waals surface area contributed by atoms with Crippen LogP contribution in [0, 0.1) is 6.92 Å². The molecule has 5 nitrogen and oxygen atoms in total. The summed E-state index contributed by atoms with van der Waals surface area (Å²) in [7, 11) is 3.00. The van der Waals surface area contributed by atoms with Crippen molar-refractivity contribution in [1.82, 2.24) is 0 Å². The largest absolute Gasteiger partial charge is 0.496 e. The van der Waals surface area contributed by atoms with Crippen LogP contribution < -0.4 is 14.9 Å². The number of methoxy groups -OCH3 is 2. The fourth-order valence-corrected chi connectivity index (χ4v) is 2.35. The van der Waals surface area contributed by atoms with Gasteiger partial charge in [-0.25, -0.2) is 0 Å². The molecule has 118 valence electrons. The van der Waals surface area contributed by atoms with Crippen LogP contribution in [0.15, 0.2) is 33.5 Å². The van der Waals surface area contributed by atoms with Crippen molar-refractivity contribution in [1.29, 1.82) is 0 Å². The predicted octanol–water partition coefficient (Wildman–Crippen LogP) is 2.60. The maximum atomic E-state index is 12.3. The molecule has 0 aliphatic heterocycles. The Morgan fingerprint density at radius 2 is 1.95 bits per heavy atom. The number of aliphatic hydroxyl groups is 1.